The molecule has 0 heterocycles. The Morgan fingerprint density at radius 1 is 0.862 bits per heavy atom. The number of halogens is 1. The molecule has 0 spiro atoms. The van der Waals surface area contributed by atoms with E-state index >= 15 is 0 Å². The lowest BCUT2D eigenvalue weighted by Crippen LogP contribution is -2.23. The Morgan fingerprint density at radius 2 is 1.34 bits per heavy atom. The lowest BCUT2D eigenvalue weighted by molar-refractivity contribution is 0.414. The van der Waals surface area contributed by atoms with Crippen molar-refractivity contribution >= 4 is 33.0 Å². The van der Waals surface area contributed by atoms with Crippen LogP contribution in [0.25, 0.3) is 0 Å². The Morgan fingerprint density at radius 3 is 1.76 bits per heavy atom. The standard InChI is InChI=1S/C23H26BrN3O2/c1-26-23-21(25)12-18(24)13-22(23)27(14-16-4-8-19(28-2)9-5-16)15-17-6-10-20(29-3)11-7-17/h4-13,26H,14-15,25H2,1-3H3. The minimum Gasteiger partial charge on any atom is -0.497 e. The molecule has 0 bridgehead atoms. The minimum absolute atomic E-state index is 0.700. The van der Waals surface area contributed by atoms with Gasteiger partial charge in [0.1, 0.15) is 11.5 Å². The molecule has 152 valence electrons. The fraction of sp³-hybridized carbons (Fsp3) is 0.217. The summed E-state index contributed by atoms with van der Waals surface area (Å²) >= 11 is 3.59. The van der Waals surface area contributed by atoms with E-state index in [0.717, 1.165) is 40.4 Å². The largest absolute Gasteiger partial charge is 0.497 e. The first kappa shape index (κ1) is 20.9. The van der Waals surface area contributed by atoms with Gasteiger partial charge in [0.05, 0.1) is 31.3 Å². The normalized spacial score (nSPS) is 10.5. The van der Waals surface area contributed by atoms with Gasteiger partial charge in [-0.3, -0.25) is 0 Å². The van der Waals surface area contributed by atoms with E-state index in [1.807, 2.05) is 37.4 Å². The maximum atomic E-state index is 6.28. The molecule has 3 aromatic rings. The van der Waals surface area contributed by atoms with Crippen molar-refractivity contribution in [1.29, 1.82) is 0 Å². The van der Waals surface area contributed by atoms with E-state index in [1.54, 1.807) is 14.2 Å². The number of hydrogen-bond donors (Lipinski definition) is 2. The number of methoxy groups -OCH3 is 2. The summed E-state index contributed by atoms with van der Waals surface area (Å²) in [7, 11) is 5.24. The second-order valence-electron chi connectivity index (χ2n) is 6.69. The average molecular weight is 456 g/mol. The van der Waals surface area contributed by atoms with Crippen LogP contribution in [0, 0.1) is 0 Å². The van der Waals surface area contributed by atoms with Crippen LogP contribution < -0.4 is 25.4 Å². The van der Waals surface area contributed by atoms with Gasteiger partial charge in [-0.15, -0.1) is 0 Å². The molecule has 0 saturated heterocycles. The molecule has 0 aliphatic carbocycles. The third kappa shape index (κ3) is 5.15. The SMILES string of the molecule is CNc1c(N)cc(Br)cc1N(Cc1ccc(OC)cc1)Cc1ccc(OC)cc1. The fourth-order valence-corrected chi connectivity index (χ4v) is 3.73. The Hall–Kier alpha value is -2.86. The number of nitrogens with two attached hydrogens (primary N) is 1. The maximum Gasteiger partial charge on any atom is 0.118 e. The molecule has 0 aliphatic rings. The molecule has 5 nitrogen and oxygen atoms in total. The molecule has 6 heteroatoms. The Labute approximate surface area is 180 Å². The molecular formula is C23H26BrN3O2. The first-order valence-corrected chi connectivity index (χ1v) is 10.1. The Bertz CT molecular complexity index is 894. The smallest absolute Gasteiger partial charge is 0.118 e. The Kier molecular flexibility index (Phi) is 6.88. The molecule has 0 radical (unpaired) electrons. The van der Waals surface area contributed by atoms with Crippen LogP contribution in [-0.4, -0.2) is 21.3 Å². The van der Waals surface area contributed by atoms with E-state index in [1.165, 1.54) is 11.1 Å². The molecule has 0 aromatic heterocycles. The van der Waals surface area contributed by atoms with Gasteiger partial charge in [0.15, 0.2) is 0 Å². The molecule has 3 rings (SSSR count). The number of hydrogen-bond acceptors (Lipinski definition) is 5. The Balaban J connectivity index is 1.98. The minimum atomic E-state index is 0.700. The van der Waals surface area contributed by atoms with Crippen molar-refractivity contribution in [3.05, 3.63) is 76.3 Å². The predicted octanol–water partition coefficient (Wildman–Crippen LogP) is 5.30. The van der Waals surface area contributed by atoms with Crippen LogP contribution in [0.15, 0.2) is 65.1 Å². The topological polar surface area (TPSA) is 59.8 Å². The highest BCUT2D eigenvalue weighted by Gasteiger charge is 2.16. The van der Waals surface area contributed by atoms with Crippen LogP contribution in [0.3, 0.4) is 0 Å². The molecule has 3 N–H and O–H groups in total. The summed E-state index contributed by atoms with van der Waals surface area (Å²) in [6.45, 7) is 1.45. The molecule has 0 fully saturated rings. The number of nitrogen functional groups attached to an aromatic ring is 1. The molecule has 0 saturated carbocycles. The zero-order valence-corrected chi connectivity index (χ0v) is 18.5. The van der Waals surface area contributed by atoms with E-state index in [0.29, 0.717) is 5.69 Å². The van der Waals surface area contributed by atoms with Crippen molar-refractivity contribution < 1.29 is 9.47 Å². The second kappa shape index (κ2) is 9.56. The summed E-state index contributed by atoms with van der Waals surface area (Å²) in [6.07, 6.45) is 0. The van der Waals surface area contributed by atoms with E-state index in [-0.39, 0.29) is 0 Å². The van der Waals surface area contributed by atoms with Crippen LogP contribution in [0.2, 0.25) is 0 Å². The summed E-state index contributed by atoms with van der Waals surface area (Å²) < 4.78 is 11.5. The van der Waals surface area contributed by atoms with Gasteiger partial charge < -0.3 is 25.4 Å². The quantitative estimate of drug-likeness (QED) is 0.451. The molecule has 3 aromatic carbocycles. The predicted molar refractivity (Wildman–Crippen MR) is 124 cm³/mol. The first-order valence-electron chi connectivity index (χ1n) is 9.31. The van der Waals surface area contributed by atoms with Crippen LogP contribution >= 0.6 is 15.9 Å². The highest BCUT2D eigenvalue weighted by Crippen LogP contribution is 2.36. The maximum absolute atomic E-state index is 6.28. The van der Waals surface area contributed by atoms with Gasteiger partial charge in [-0.05, 0) is 47.5 Å². The van der Waals surface area contributed by atoms with Crippen LogP contribution in [0.4, 0.5) is 17.1 Å². The number of benzene rings is 3. The summed E-state index contributed by atoms with van der Waals surface area (Å²) in [5, 5.41) is 3.25. The highest BCUT2D eigenvalue weighted by atomic mass is 79.9. The number of rotatable bonds is 8. The number of anilines is 3. The van der Waals surface area contributed by atoms with Gasteiger partial charge in [-0.25, -0.2) is 0 Å². The van der Waals surface area contributed by atoms with Crippen molar-refractivity contribution in [3.8, 4) is 11.5 Å². The third-order valence-electron chi connectivity index (χ3n) is 4.77. The summed E-state index contributed by atoms with van der Waals surface area (Å²) in [5.41, 5.74) is 11.3. The number of nitrogens with one attached hydrogen (secondary N) is 1. The first-order chi connectivity index (χ1) is 14.0. The second-order valence-corrected chi connectivity index (χ2v) is 7.61. The molecule has 0 aliphatic heterocycles. The molecule has 0 atom stereocenters. The van der Waals surface area contributed by atoms with Crippen LogP contribution in [0.5, 0.6) is 11.5 Å². The van der Waals surface area contributed by atoms with Crippen molar-refractivity contribution in [3.63, 3.8) is 0 Å². The average Bonchev–Trinajstić information content (AvgIpc) is 2.74. The zero-order valence-electron chi connectivity index (χ0n) is 16.9. The number of nitrogens with zero attached hydrogens (tertiary/aromatic N) is 1. The molecule has 29 heavy (non-hydrogen) atoms. The van der Waals surface area contributed by atoms with Gasteiger partial charge in [-0.2, -0.15) is 0 Å². The van der Waals surface area contributed by atoms with Crippen molar-refractivity contribution in [2.75, 3.05) is 37.2 Å². The fourth-order valence-electron chi connectivity index (χ4n) is 3.26. The van der Waals surface area contributed by atoms with E-state index in [2.05, 4.69) is 56.5 Å². The number of ether oxygens (including phenoxy) is 2. The zero-order chi connectivity index (χ0) is 20.8. The van der Waals surface area contributed by atoms with Crippen molar-refractivity contribution in [1.82, 2.24) is 0 Å². The van der Waals surface area contributed by atoms with Crippen LogP contribution in [0.1, 0.15) is 11.1 Å². The monoisotopic (exact) mass is 455 g/mol. The van der Waals surface area contributed by atoms with E-state index in [9.17, 15) is 0 Å². The van der Waals surface area contributed by atoms with E-state index in [4.69, 9.17) is 15.2 Å². The van der Waals surface area contributed by atoms with E-state index < -0.39 is 0 Å². The van der Waals surface area contributed by atoms with Gasteiger partial charge in [0, 0.05) is 24.6 Å². The molecule has 0 unspecified atom stereocenters. The lowest BCUT2D eigenvalue weighted by atomic mass is 10.1. The third-order valence-corrected chi connectivity index (χ3v) is 5.23. The molecule has 0 amide bonds. The van der Waals surface area contributed by atoms with Gasteiger partial charge in [0.2, 0.25) is 0 Å². The lowest BCUT2D eigenvalue weighted by Gasteiger charge is -2.28. The highest BCUT2D eigenvalue weighted by molar-refractivity contribution is 9.10. The van der Waals surface area contributed by atoms with Crippen molar-refractivity contribution in [2.45, 2.75) is 13.1 Å². The summed E-state index contributed by atoms with van der Waals surface area (Å²) in [5.74, 6) is 1.69. The summed E-state index contributed by atoms with van der Waals surface area (Å²) in [4.78, 5) is 2.30. The molecular weight excluding hydrogens is 430 g/mol. The van der Waals surface area contributed by atoms with Gasteiger partial charge >= 0.3 is 0 Å². The van der Waals surface area contributed by atoms with Crippen LogP contribution in [-0.2, 0) is 13.1 Å². The summed E-state index contributed by atoms with van der Waals surface area (Å²) in [6, 6.07) is 20.3. The van der Waals surface area contributed by atoms with Gasteiger partial charge in [-0.1, -0.05) is 40.2 Å². The van der Waals surface area contributed by atoms with Crippen molar-refractivity contribution in [2.24, 2.45) is 0 Å². The van der Waals surface area contributed by atoms with Gasteiger partial charge in [0.25, 0.3) is 0 Å².